The maximum Gasteiger partial charge on any atom is 0.303 e. The lowest BCUT2D eigenvalue weighted by atomic mass is 10.0. The fraction of sp³-hybridized carbons (Fsp3) is 0.722. The van der Waals surface area contributed by atoms with Crippen LogP contribution in [0.4, 0.5) is 0 Å². The lowest BCUT2D eigenvalue weighted by Crippen LogP contribution is -2.15. The molecule has 0 aliphatic heterocycles. The standard InChI is InChI=1S/C18H32O4/c1-2-3-4-5-6-7-8-9-12-16(19)15-17(20)13-10-11-14-18(21)22/h6-7,9,12,16-17,19-20H,2-5,8,10-11,13-15H2,1H3,(H,21,22)/b7-6-,12-9-/t16-,17+/m1/s1. The number of unbranched alkanes of at least 4 members (excludes halogenated alkanes) is 4. The molecule has 4 heteroatoms. The van der Waals surface area contributed by atoms with E-state index in [2.05, 4.69) is 19.1 Å². The number of allylic oxidation sites excluding steroid dienone is 3. The maximum atomic E-state index is 10.3. The molecule has 0 amide bonds. The average molecular weight is 312 g/mol. The molecule has 0 bridgehead atoms. The minimum Gasteiger partial charge on any atom is -0.481 e. The van der Waals surface area contributed by atoms with Gasteiger partial charge in [-0.15, -0.1) is 0 Å². The Balaban J connectivity index is 3.63. The van der Waals surface area contributed by atoms with Crippen LogP contribution in [0.2, 0.25) is 0 Å². The normalized spacial score (nSPS) is 14.7. The van der Waals surface area contributed by atoms with Crippen molar-refractivity contribution < 1.29 is 20.1 Å². The molecule has 22 heavy (non-hydrogen) atoms. The zero-order valence-corrected chi connectivity index (χ0v) is 13.8. The molecule has 0 aliphatic carbocycles. The van der Waals surface area contributed by atoms with Crippen molar-refractivity contribution in [2.45, 2.75) is 83.3 Å². The van der Waals surface area contributed by atoms with Gasteiger partial charge >= 0.3 is 5.97 Å². The summed E-state index contributed by atoms with van der Waals surface area (Å²) in [7, 11) is 0. The largest absolute Gasteiger partial charge is 0.481 e. The third kappa shape index (κ3) is 15.3. The molecule has 0 heterocycles. The number of carboxylic acid groups (broad SMARTS) is 1. The number of aliphatic hydroxyl groups is 2. The molecule has 0 spiro atoms. The third-order valence-corrected chi connectivity index (χ3v) is 3.46. The summed E-state index contributed by atoms with van der Waals surface area (Å²) < 4.78 is 0. The summed E-state index contributed by atoms with van der Waals surface area (Å²) in [5.41, 5.74) is 0. The van der Waals surface area contributed by atoms with Gasteiger partial charge in [0.05, 0.1) is 12.2 Å². The van der Waals surface area contributed by atoms with E-state index < -0.39 is 18.2 Å². The lowest BCUT2D eigenvalue weighted by molar-refractivity contribution is -0.137. The molecular weight excluding hydrogens is 280 g/mol. The SMILES string of the molecule is CCCCC/C=C\C/C=C\[C@@H](O)C[C@@H](O)CCCCC(=O)O. The summed E-state index contributed by atoms with van der Waals surface area (Å²) in [6.45, 7) is 2.19. The second kappa shape index (κ2) is 14.8. The molecule has 0 radical (unpaired) electrons. The van der Waals surface area contributed by atoms with Crippen LogP contribution in [0.25, 0.3) is 0 Å². The first kappa shape index (κ1) is 20.9. The third-order valence-electron chi connectivity index (χ3n) is 3.46. The van der Waals surface area contributed by atoms with Crippen LogP contribution in [0.5, 0.6) is 0 Å². The van der Waals surface area contributed by atoms with E-state index in [4.69, 9.17) is 5.11 Å². The van der Waals surface area contributed by atoms with Gasteiger partial charge < -0.3 is 15.3 Å². The molecule has 0 saturated carbocycles. The maximum absolute atomic E-state index is 10.3. The summed E-state index contributed by atoms with van der Waals surface area (Å²) in [6, 6.07) is 0. The van der Waals surface area contributed by atoms with Crippen LogP contribution in [0.15, 0.2) is 24.3 Å². The smallest absolute Gasteiger partial charge is 0.303 e. The van der Waals surface area contributed by atoms with E-state index in [1.165, 1.54) is 19.3 Å². The molecular formula is C18H32O4. The van der Waals surface area contributed by atoms with E-state index >= 15 is 0 Å². The highest BCUT2D eigenvalue weighted by molar-refractivity contribution is 5.66. The van der Waals surface area contributed by atoms with E-state index in [1.54, 1.807) is 6.08 Å². The molecule has 0 aliphatic rings. The van der Waals surface area contributed by atoms with Crippen molar-refractivity contribution in [3.63, 3.8) is 0 Å². The molecule has 3 N–H and O–H groups in total. The van der Waals surface area contributed by atoms with Crippen molar-refractivity contribution in [3.05, 3.63) is 24.3 Å². The predicted molar refractivity (Wildman–Crippen MR) is 89.8 cm³/mol. The molecule has 0 aromatic heterocycles. The average Bonchev–Trinajstić information content (AvgIpc) is 2.46. The first-order valence-corrected chi connectivity index (χ1v) is 8.45. The summed E-state index contributed by atoms with van der Waals surface area (Å²) in [5, 5.41) is 28.0. The molecule has 0 aromatic rings. The summed E-state index contributed by atoms with van der Waals surface area (Å²) in [6.07, 6.45) is 14.6. The van der Waals surface area contributed by atoms with Crippen molar-refractivity contribution >= 4 is 5.97 Å². The molecule has 0 unspecified atom stereocenters. The number of aliphatic hydroxyl groups excluding tert-OH is 2. The van der Waals surface area contributed by atoms with Crippen molar-refractivity contribution in [1.29, 1.82) is 0 Å². The summed E-state index contributed by atoms with van der Waals surface area (Å²) in [4.78, 5) is 10.3. The molecule has 0 fully saturated rings. The van der Waals surface area contributed by atoms with Crippen LogP contribution in [0.1, 0.15) is 71.1 Å². The van der Waals surface area contributed by atoms with Crippen LogP contribution in [0, 0.1) is 0 Å². The Hall–Kier alpha value is -1.13. The van der Waals surface area contributed by atoms with E-state index in [0.29, 0.717) is 25.7 Å². The second-order valence-electron chi connectivity index (χ2n) is 5.73. The van der Waals surface area contributed by atoms with E-state index in [-0.39, 0.29) is 6.42 Å². The van der Waals surface area contributed by atoms with Gasteiger partial charge in [0.25, 0.3) is 0 Å². The number of carbonyl (C=O) groups is 1. The molecule has 0 rings (SSSR count). The number of carboxylic acids is 1. The second-order valence-corrected chi connectivity index (χ2v) is 5.73. The van der Waals surface area contributed by atoms with Gasteiger partial charge in [0.2, 0.25) is 0 Å². The number of aliphatic carboxylic acids is 1. The van der Waals surface area contributed by atoms with Crippen LogP contribution in [-0.2, 0) is 4.79 Å². The summed E-state index contributed by atoms with van der Waals surface area (Å²) in [5.74, 6) is -0.805. The molecule has 0 saturated heterocycles. The van der Waals surface area contributed by atoms with Crippen molar-refractivity contribution in [1.82, 2.24) is 0 Å². The Kier molecular flexibility index (Phi) is 14.0. The molecule has 128 valence electrons. The van der Waals surface area contributed by atoms with E-state index in [0.717, 1.165) is 12.8 Å². The van der Waals surface area contributed by atoms with E-state index in [1.807, 2.05) is 6.08 Å². The minimum atomic E-state index is -0.805. The fourth-order valence-corrected chi connectivity index (χ4v) is 2.17. The first-order valence-electron chi connectivity index (χ1n) is 8.45. The first-order chi connectivity index (χ1) is 10.6. The predicted octanol–water partition coefficient (Wildman–Crippen LogP) is 3.83. The number of rotatable bonds is 14. The lowest BCUT2D eigenvalue weighted by Gasteiger charge is -2.12. The van der Waals surface area contributed by atoms with Gasteiger partial charge in [-0.25, -0.2) is 0 Å². The zero-order valence-electron chi connectivity index (χ0n) is 13.8. The quantitative estimate of drug-likeness (QED) is 0.336. The Morgan fingerprint density at radius 1 is 1.05 bits per heavy atom. The summed E-state index contributed by atoms with van der Waals surface area (Å²) >= 11 is 0. The molecule has 4 nitrogen and oxygen atoms in total. The van der Waals surface area contributed by atoms with Crippen molar-refractivity contribution in [2.75, 3.05) is 0 Å². The van der Waals surface area contributed by atoms with Gasteiger partial charge in [-0.05, 0) is 32.1 Å². The Labute approximate surface area is 134 Å². The van der Waals surface area contributed by atoms with E-state index in [9.17, 15) is 15.0 Å². The minimum absolute atomic E-state index is 0.139. The Morgan fingerprint density at radius 2 is 1.82 bits per heavy atom. The van der Waals surface area contributed by atoms with Crippen LogP contribution in [0.3, 0.4) is 0 Å². The number of hydrogen-bond acceptors (Lipinski definition) is 3. The monoisotopic (exact) mass is 312 g/mol. The highest BCUT2D eigenvalue weighted by Crippen LogP contribution is 2.10. The van der Waals surface area contributed by atoms with Crippen LogP contribution in [-0.4, -0.2) is 33.5 Å². The number of hydrogen-bond donors (Lipinski definition) is 3. The Bertz CT molecular complexity index is 323. The van der Waals surface area contributed by atoms with Crippen LogP contribution < -0.4 is 0 Å². The van der Waals surface area contributed by atoms with Gasteiger partial charge in [0, 0.05) is 12.8 Å². The highest BCUT2D eigenvalue weighted by Gasteiger charge is 2.09. The van der Waals surface area contributed by atoms with Crippen LogP contribution >= 0.6 is 0 Å². The molecule has 0 aromatic carbocycles. The molecule has 2 atom stereocenters. The highest BCUT2D eigenvalue weighted by atomic mass is 16.4. The fourth-order valence-electron chi connectivity index (χ4n) is 2.17. The van der Waals surface area contributed by atoms with Crippen molar-refractivity contribution in [2.24, 2.45) is 0 Å². The van der Waals surface area contributed by atoms with Crippen molar-refractivity contribution in [3.8, 4) is 0 Å². The zero-order chi connectivity index (χ0) is 16.6. The topological polar surface area (TPSA) is 77.8 Å². The van der Waals surface area contributed by atoms with Gasteiger partial charge in [0.1, 0.15) is 0 Å². The Morgan fingerprint density at radius 3 is 2.50 bits per heavy atom. The van der Waals surface area contributed by atoms with Gasteiger partial charge in [-0.1, -0.05) is 50.5 Å². The van der Waals surface area contributed by atoms with Gasteiger partial charge in [-0.2, -0.15) is 0 Å². The van der Waals surface area contributed by atoms with Gasteiger partial charge in [-0.3, -0.25) is 4.79 Å². The van der Waals surface area contributed by atoms with Gasteiger partial charge in [0.15, 0.2) is 0 Å².